The van der Waals surface area contributed by atoms with Crippen molar-refractivity contribution in [1.29, 1.82) is 0 Å². The third-order valence-corrected chi connectivity index (χ3v) is 5.01. The summed E-state index contributed by atoms with van der Waals surface area (Å²) >= 11 is 0. The molecule has 2 aromatic rings. The molecule has 3 rings (SSSR count). The Kier molecular flexibility index (Phi) is 4.93. The summed E-state index contributed by atoms with van der Waals surface area (Å²) in [5, 5.41) is 24.3. The van der Waals surface area contributed by atoms with Crippen molar-refractivity contribution in [3.8, 4) is 0 Å². The molecule has 0 atom stereocenters. The second kappa shape index (κ2) is 7.18. The smallest absolute Gasteiger partial charge is 0.339 e. The molecular formula is C18H20N4O5. The van der Waals surface area contributed by atoms with E-state index >= 15 is 0 Å². The van der Waals surface area contributed by atoms with E-state index in [4.69, 9.17) is 5.11 Å². The van der Waals surface area contributed by atoms with Crippen molar-refractivity contribution in [2.75, 3.05) is 13.1 Å². The van der Waals surface area contributed by atoms with Crippen LogP contribution in [0.25, 0.3) is 0 Å². The second-order valence-corrected chi connectivity index (χ2v) is 6.68. The highest BCUT2D eigenvalue weighted by molar-refractivity contribution is 5.94. The molecular weight excluding hydrogens is 352 g/mol. The van der Waals surface area contributed by atoms with Crippen LogP contribution >= 0.6 is 0 Å². The van der Waals surface area contributed by atoms with Gasteiger partial charge in [0, 0.05) is 30.3 Å². The van der Waals surface area contributed by atoms with Gasteiger partial charge in [-0.05, 0) is 38.8 Å². The number of aromatic nitrogens is 2. The van der Waals surface area contributed by atoms with Gasteiger partial charge in [0.2, 0.25) is 0 Å². The van der Waals surface area contributed by atoms with Crippen molar-refractivity contribution < 1.29 is 19.6 Å². The molecule has 1 aliphatic rings. The number of carboxylic acids is 1. The average molecular weight is 372 g/mol. The van der Waals surface area contributed by atoms with Gasteiger partial charge in [-0.3, -0.25) is 19.6 Å². The Morgan fingerprint density at radius 3 is 2.44 bits per heavy atom. The number of carbonyl (C=O) groups is 2. The number of amides is 1. The molecule has 27 heavy (non-hydrogen) atoms. The zero-order chi connectivity index (χ0) is 19.7. The minimum Gasteiger partial charge on any atom is -0.478 e. The first-order valence-corrected chi connectivity index (χ1v) is 8.61. The maximum Gasteiger partial charge on any atom is 0.339 e. The van der Waals surface area contributed by atoms with Crippen molar-refractivity contribution in [1.82, 2.24) is 14.7 Å². The molecule has 1 aromatic carbocycles. The molecule has 1 N–H and O–H groups in total. The Bertz CT molecular complexity index is 912. The molecule has 1 saturated heterocycles. The monoisotopic (exact) mass is 372 g/mol. The van der Waals surface area contributed by atoms with Gasteiger partial charge in [0.05, 0.1) is 22.9 Å². The fourth-order valence-electron chi connectivity index (χ4n) is 3.49. The zero-order valence-electron chi connectivity index (χ0n) is 15.1. The van der Waals surface area contributed by atoms with E-state index < -0.39 is 10.9 Å². The van der Waals surface area contributed by atoms with Crippen molar-refractivity contribution in [3.63, 3.8) is 0 Å². The molecule has 1 aliphatic heterocycles. The zero-order valence-corrected chi connectivity index (χ0v) is 15.1. The summed E-state index contributed by atoms with van der Waals surface area (Å²) in [5.74, 6) is -1.16. The summed E-state index contributed by atoms with van der Waals surface area (Å²) in [5.41, 5.74) is 1.68. The number of rotatable bonds is 4. The van der Waals surface area contributed by atoms with Crippen LogP contribution in [-0.4, -0.2) is 49.7 Å². The molecule has 1 aromatic heterocycles. The number of benzene rings is 1. The molecule has 0 radical (unpaired) electrons. The van der Waals surface area contributed by atoms with E-state index in [1.54, 1.807) is 29.5 Å². The molecule has 0 spiro atoms. The van der Waals surface area contributed by atoms with Crippen LogP contribution in [0.2, 0.25) is 0 Å². The molecule has 0 bridgehead atoms. The molecule has 0 saturated carbocycles. The Morgan fingerprint density at radius 1 is 1.26 bits per heavy atom. The topological polar surface area (TPSA) is 119 Å². The third kappa shape index (κ3) is 3.53. The molecule has 2 heterocycles. The lowest BCUT2D eigenvalue weighted by atomic mass is 10.0. The van der Waals surface area contributed by atoms with Gasteiger partial charge in [-0.2, -0.15) is 5.10 Å². The van der Waals surface area contributed by atoms with Crippen molar-refractivity contribution in [2.45, 2.75) is 32.7 Å². The highest BCUT2D eigenvalue weighted by Crippen LogP contribution is 2.26. The Labute approximate surface area is 155 Å². The Balaban J connectivity index is 1.69. The van der Waals surface area contributed by atoms with E-state index in [2.05, 4.69) is 5.10 Å². The lowest BCUT2D eigenvalue weighted by Crippen LogP contribution is -2.39. The minimum atomic E-state index is -1.00. The number of piperidine rings is 1. The van der Waals surface area contributed by atoms with Gasteiger partial charge in [-0.15, -0.1) is 0 Å². The Hall–Kier alpha value is -3.23. The summed E-state index contributed by atoms with van der Waals surface area (Å²) in [6, 6.07) is 4.43. The van der Waals surface area contributed by atoms with Gasteiger partial charge in [0.15, 0.2) is 0 Å². The second-order valence-electron chi connectivity index (χ2n) is 6.68. The lowest BCUT2D eigenvalue weighted by Gasteiger charge is -2.32. The number of nitrogens with zero attached hydrogens (tertiary/aromatic N) is 4. The number of carboxylic acid groups (broad SMARTS) is 1. The van der Waals surface area contributed by atoms with Crippen LogP contribution in [-0.2, 0) is 0 Å². The summed E-state index contributed by atoms with van der Waals surface area (Å²) < 4.78 is 1.72. The summed E-state index contributed by atoms with van der Waals surface area (Å²) in [6.45, 7) is 4.37. The van der Waals surface area contributed by atoms with Crippen LogP contribution < -0.4 is 0 Å². The van der Waals surface area contributed by atoms with Gasteiger partial charge in [0.25, 0.3) is 11.6 Å². The van der Waals surface area contributed by atoms with Crippen LogP contribution in [0.3, 0.4) is 0 Å². The molecule has 0 unspecified atom stereocenters. The van der Waals surface area contributed by atoms with E-state index in [1.165, 1.54) is 18.3 Å². The van der Waals surface area contributed by atoms with Gasteiger partial charge in [-0.1, -0.05) is 0 Å². The van der Waals surface area contributed by atoms with E-state index in [0.717, 1.165) is 0 Å². The van der Waals surface area contributed by atoms with Gasteiger partial charge in [-0.25, -0.2) is 4.79 Å². The molecule has 142 valence electrons. The van der Waals surface area contributed by atoms with Gasteiger partial charge in [0.1, 0.15) is 5.56 Å². The van der Waals surface area contributed by atoms with Crippen LogP contribution in [0, 0.1) is 24.0 Å². The predicted octanol–water partition coefficient (Wildman–Crippen LogP) is 2.58. The first-order valence-electron chi connectivity index (χ1n) is 8.61. The highest BCUT2D eigenvalue weighted by Gasteiger charge is 2.27. The minimum absolute atomic E-state index is 0.00588. The number of nitro groups is 1. The number of carbonyl (C=O) groups excluding carboxylic acids is 1. The first kappa shape index (κ1) is 18.6. The number of nitro benzene ring substituents is 1. The number of aromatic carboxylic acids is 1. The molecule has 1 amide bonds. The SMILES string of the molecule is Cc1cc(C(=O)N2CCC(n3ncc(C(=O)O)c3C)CC2)ccc1[N+](=O)[O-]. The molecule has 9 nitrogen and oxygen atoms in total. The van der Waals surface area contributed by atoms with Crippen LogP contribution in [0.5, 0.6) is 0 Å². The Morgan fingerprint density at radius 2 is 1.93 bits per heavy atom. The largest absolute Gasteiger partial charge is 0.478 e. The standard InChI is InChI=1S/C18H20N4O5/c1-11-9-13(3-4-16(11)22(26)27)17(23)20-7-5-14(6-8-20)21-12(2)15(10-19-21)18(24)25/h3-4,9-10,14H,5-8H2,1-2H3,(H,24,25). The summed E-state index contributed by atoms with van der Waals surface area (Å²) in [6.07, 6.45) is 2.69. The summed E-state index contributed by atoms with van der Waals surface area (Å²) in [7, 11) is 0. The van der Waals surface area contributed by atoms with E-state index in [0.29, 0.717) is 42.8 Å². The number of hydrogen-bond donors (Lipinski definition) is 1. The first-order chi connectivity index (χ1) is 12.8. The maximum absolute atomic E-state index is 12.7. The third-order valence-electron chi connectivity index (χ3n) is 5.01. The van der Waals surface area contributed by atoms with Crippen molar-refractivity contribution >= 4 is 17.6 Å². The fourth-order valence-corrected chi connectivity index (χ4v) is 3.49. The molecule has 0 aliphatic carbocycles. The number of hydrogen-bond acceptors (Lipinski definition) is 5. The average Bonchev–Trinajstić information content (AvgIpc) is 3.02. The van der Waals surface area contributed by atoms with Gasteiger partial charge < -0.3 is 10.0 Å². The normalized spacial score (nSPS) is 15.0. The van der Waals surface area contributed by atoms with Crippen molar-refractivity contribution in [2.24, 2.45) is 0 Å². The highest BCUT2D eigenvalue weighted by atomic mass is 16.6. The van der Waals surface area contributed by atoms with Crippen molar-refractivity contribution in [3.05, 3.63) is 56.9 Å². The van der Waals surface area contributed by atoms with Crippen LogP contribution in [0.15, 0.2) is 24.4 Å². The number of aryl methyl sites for hydroxylation is 1. The van der Waals surface area contributed by atoms with E-state index in [-0.39, 0.29) is 23.2 Å². The predicted molar refractivity (Wildman–Crippen MR) is 95.9 cm³/mol. The van der Waals surface area contributed by atoms with Crippen LogP contribution in [0.1, 0.15) is 50.9 Å². The van der Waals surface area contributed by atoms with Crippen LogP contribution in [0.4, 0.5) is 5.69 Å². The summed E-state index contributed by atoms with van der Waals surface area (Å²) in [4.78, 5) is 36.0. The maximum atomic E-state index is 12.7. The quantitative estimate of drug-likeness (QED) is 0.651. The number of likely N-dealkylation sites (tertiary alicyclic amines) is 1. The lowest BCUT2D eigenvalue weighted by molar-refractivity contribution is -0.385. The molecule has 9 heteroatoms. The van der Waals surface area contributed by atoms with Gasteiger partial charge >= 0.3 is 5.97 Å². The fraction of sp³-hybridized carbons (Fsp3) is 0.389. The van der Waals surface area contributed by atoms with E-state index in [1.807, 2.05) is 0 Å². The molecule has 1 fully saturated rings. The van der Waals surface area contributed by atoms with E-state index in [9.17, 15) is 19.7 Å².